The summed E-state index contributed by atoms with van der Waals surface area (Å²) in [7, 11) is 0. The van der Waals surface area contributed by atoms with Crippen LogP contribution in [0, 0.1) is 5.92 Å². The predicted molar refractivity (Wildman–Crippen MR) is 51.5 cm³/mol. The van der Waals surface area contributed by atoms with E-state index >= 15 is 0 Å². The van der Waals surface area contributed by atoms with E-state index in [1.54, 1.807) is 0 Å². The summed E-state index contributed by atoms with van der Waals surface area (Å²) in [5.74, 6) is 0.621. The Morgan fingerprint density at radius 3 is 2.58 bits per heavy atom. The van der Waals surface area contributed by atoms with Gasteiger partial charge in [0.05, 0.1) is 5.04 Å². The van der Waals surface area contributed by atoms with Crippen LogP contribution in [0.25, 0.3) is 0 Å². The van der Waals surface area contributed by atoms with Crippen molar-refractivity contribution in [2.24, 2.45) is 10.9 Å². The van der Waals surface area contributed by atoms with E-state index in [1.807, 2.05) is 0 Å². The first kappa shape index (κ1) is 8.30. The molecule has 1 fully saturated rings. The van der Waals surface area contributed by atoms with Crippen LogP contribution in [0.15, 0.2) is 4.99 Å². The Bertz CT molecular complexity index is 219. The highest BCUT2D eigenvalue weighted by atomic mass is 32.2. The molecule has 0 aromatic heterocycles. The highest BCUT2D eigenvalue weighted by Gasteiger charge is 2.25. The second-order valence-corrected chi connectivity index (χ2v) is 4.54. The second-order valence-electron chi connectivity index (χ2n) is 3.46. The van der Waals surface area contributed by atoms with E-state index in [2.05, 4.69) is 4.99 Å². The van der Waals surface area contributed by atoms with Crippen molar-refractivity contribution in [2.75, 3.05) is 6.54 Å². The third kappa shape index (κ3) is 1.71. The van der Waals surface area contributed by atoms with Crippen molar-refractivity contribution in [2.45, 2.75) is 32.1 Å². The monoisotopic (exact) mass is 183 g/mol. The van der Waals surface area contributed by atoms with Crippen molar-refractivity contribution in [3.8, 4) is 0 Å². The van der Waals surface area contributed by atoms with Crippen molar-refractivity contribution in [1.82, 2.24) is 0 Å². The molecule has 2 nitrogen and oxygen atoms in total. The fourth-order valence-electron chi connectivity index (χ4n) is 1.89. The summed E-state index contributed by atoms with van der Waals surface area (Å²) in [4.78, 5) is 15.2. The number of rotatable bonds is 1. The van der Waals surface area contributed by atoms with Crippen LogP contribution in [0.5, 0.6) is 0 Å². The standard InChI is InChI=1S/C9H13NOS/c11-8-6-10-9(12-8)7-4-2-1-3-5-7/h7H,1-6H2. The van der Waals surface area contributed by atoms with Crippen molar-refractivity contribution < 1.29 is 4.79 Å². The molecule has 1 saturated carbocycles. The zero-order chi connectivity index (χ0) is 8.39. The Kier molecular flexibility index (Phi) is 2.49. The fourth-order valence-corrected chi connectivity index (χ4v) is 2.78. The van der Waals surface area contributed by atoms with Gasteiger partial charge in [0.2, 0.25) is 5.12 Å². The molecule has 0 unspecified atom stereocenters. The number of nitrogens with zero attached hydrogens (tertiary/aromatic N) is 1. The largest absolute Gasteiger partial charge is 0.285 e. The van der Waals surface area contributed by atoms with Gasteiger partial charge in [0.1, 0.15) is 6.54 Å². The average Bonchev–Trinajstić information content (AvgIpc) is 2.54. The molecule has 0 amide bonds. The lowest BCUT2D eigenvalue weighted by Gasteiger charge is -2.20. The number of hydrogen-bond donors (Lipinski definition) is 0. The molecule has 0 spiro atoms. The van der Waals surface area contributed by atoms with E-state index < -0.39 is 0 Å². The molecular weight excluding hydrogens is 170 g/mol. The maximum Gasteiger partial charge on any atom is 0.216 e. The summed E-state index contributed by atoms with van der Waals surface area (Å²) in [6.45, 7) is 0.427. The summed E-state index contributed by atoms with van der Waals surface area (Å²) in [6, 6.07) is 0. The zero-order valence-electron chi connectivity index (χ0n) is 7.08. The Balaban J connectivity index is 1.95. The summed E-state index contributed by atoms with van der Waals surface area (Å²) in [5.41, 5.74) is 0. The van der Waals surface area contributed by atoms with Gasteiger partial charge in [0.15, 0.2) is 0 Å². The molecular formula is C9H13NOS. The van der Waals surface area contributed by atoms with Crippen LogP contribution in [0.2, 0.25) is 0 Å². The first-order valence-electron chi connectivity index (χ1n) is 4.61. The molecule has 3 heteroatoms. The summed E-state index contributed by atoms with van der Waals surface area (Å²) < 4.78 is 0. The minimum absolute atomic E-state index is 0.232. The number of carbonyl (C=O) groups is 1. The molecule has 12 heavy (non-hydrogen) atoms. The minimum atomic E-state index is 0.232. The van der Waals surface area contributed by atoms with Gasteiger partial charge in [0.25, 0.3) is 0 Å². The molecule has 0 bridgehead atoms. The van der Waals surface area contributed by atoms with E-state index in [4.69, 9.17) is 0 Å². The quantitative estimate of drug-likeness (QED) is 0.624. The molecule has 1 aliphatic heterocycles. The van der Waals surface area contributed by atoms with Gasteiger partial charge in [-0.1, -0.05) is 19.3 Å². The Morgan fingerprint density at radius 2 is 2.00 bits per heavy atom. The molecule has 0 aromatic carbocycles. The molecule has 0 saturated heterocycles. The lowest BCUT2D eigenvalue weighted by molar-refractivity contribution is -0.109. The minimum Gasteiger partial charge on any atom is -0.285 e. The van der Waals surface area contributed by atoms with Crippen LogP contribution in [0.3, 0.4) is 0 Å². The highest BCUT2D eigenvalue weighted by Crippen LogP contribution is 2.31. The van der Waals surface area contributed by atoms with Gasteiger partial charge < -0.3 is 0 Å². The van der Waals surface area contributed by atoms with Crippen molar-refractivity contribution in [3.63, 3.8) is 0 Å². The number of thioether (sulfide) groups is 1. The van der Waals surface area contributed by atoms with Crippen LogP contribution >= 0.6 is 11.8 Å². The SMILES string of the molecule is O=C1CN=C(C2CCCCC2)S1. The second kappa shape index (κ2) is 3.60. The number of hydrogen-bond acceptors (Lipinski definition) is 3. The molecule has 1 heterocycles. The van der Waals surface area contributed by atoms with E-state index in [0.717, 1.165) is 5.04 Å². The van der Waals surface area contributed by atoms with Crippen LogP contribution in [-0.4, -0.2) is 16.7 Å². The summed E-state index contributed by atoms with van der Waals surface area (Å²) >= 11 is 1.38. The molecule has 0 N–H and O–H groups in total. The molecule has 0 atom stereocenters. The third-order valence-corrected chi connectivity index (χ3v) is 3.57. The first-order chi connectivity index (χ1) is 5.86. The predicted octanol–water partition coefficient (Wildman–Crippen LogP) is 2.24. The van der Waals surface area contributed by atoms with Crippen LogP contribution in [0.4, 0.5) is 0 Å². The van der Waals surface area contributed by atoms with E-state index in [-0.39, 0.29) is 5.12 Å². The lowest BCUT2D eigenvalue weighted by Crippen LogP contribution is -2.13. The van der Waals surface area contributed by atoms with Gasteiger partial charge >= 0.3 is 0 Å². The van der Waals surface area contributed by atoms with Gasteiger partial charge in [-0.25, -0.2) is 0 Å². The Hall–Kier alpha value is -0.310. The van der Waals surface area contributed by atoms with Crippen LogP contribution in [-0.2, 0) is 4.79 Å². The molecule has 1 aliphatic carbocycles. The average molecular weight is 183 g/mol. The van der Waals surface area contributed by atoms with E-state index in [0.29, 0.717) is 12.5 Å². The van der Waals surface area contributed by atoms with E-state index in [9.17, 15) is 4.79 Å². The summed E-state index contributed by atoms with van der Waals surface area (Å²) in [5, 5.41) is 1.36. The van der Waals surface area contributed by atoms with Gasteiger partial charge in [-0.15, -0.1) is 0 Å². The Morgan fingerprint density at radius 1 is 1.25 bits per heavy atom. The molecule has 0 aromatic rings. The van der Waals surface area contributed by atoms with Gasteiger partial charge in [-0.2, -0.15) is 0 Å². The summed E-state index contributed by atoms with van der Waals surface area (Å²) in [6.07, 6.45) is 6.50. The maximum absolute atomic E-state index is 10.9. The third-order valence-electron chi connectivity index (χ3n) is 2.54. The topological polar surface area (TPSA) is 29.4 Å². The zero-order valence-corrected chi connectivity index (χ0v) is 7.90. The Labute approximate surface area is 76.8 Å². The smallest absolute Gasteiger partial charge is 0.216 e. The molecule has 66 valence electrons. The molecule has 0 radical (unpaired) electrons. The maximum atomic E-state index is 10.9. The molecule has 2 rings (SSSR count). The van der Waals surface area contributed by atoms with Gasteiger partial charge in [-0.3, -0.25) is 9.79 Å². The van der Waals surface area contributed by atoms with Crippen molar-refractivity contribution >= 4 is 21.9 Å². The highest BCUT2D eigenvalue weighted by molar-refractivity contribution is 8.26. The normalized spacial score (nSPS) is 26.0. The number of aliphatic imine (C=N–C) groups is 1. The molecule has 2 aliphatic rings. The van der Waals surface area contributed by atoms with Crippen molar-refractivity contribution in [3.05, 3.63) is 0 Å². The first-order valence-corrected chi connectivity index (χ1v) is 5.43. The lowest BCUT2D eigenvalue weighted by atomic mass is 9.90. The van der Waals surface area contributed by atoms with Crippen LogP contribution in [0.1, 0.15) is 32.1 Å². The van der Waals surface area contributed by atoms with E-state index in [1.165, 1.54) is 43.9 Å². The number of carbonyl (C=O) groups excluding carboxylic acids is 1. The van der Waals surface area contributed by atoms with Gasteiger partial charge in [0, 0.05) is 5.92 Å². The fraction of sp³-hybridized carbons (Fsp3) is 0.778. The van der Waals surface area contributed by atoms with Crippen molar-refractivity contribution in [1.29, 1.82) is 0 Å². The van der Waals surface area contributed by atoms with Crippen LogP contribution < -0.4 is 0 Å². The van der Waals surface area contributed by atoms with Gasteiger partial charge in [-0.05, 0) is 24.6 Å².